The number of carbonyl (C=O) groups is 1. The molecule has 2 aromatic rings. The number of aryl methyl sites for hydroxylation is 2. The molecule has 20 heavy (non-hydrogen) atoms. The number of halogens is 1. The number of carbonyl (C=O) groups excluding carboxylic acids is 1. The number of nitrogen functional groups attached to an aromatic ring is 1. The molecular weight excluding hydrogens is 365 g/mol. The molecule has 0 spiro atoms. The van der Waals surface area contributed by atoms with Gasteiger partial charge in [0.15, 0.2) is 5.78 Å². The molecule has 0 atom stereocenters. The van der Waals surface area contributed by atoms with Gasteiger partial charge in [-0.2, -0.15) is 0 Å². The Labute approximate surface area is 132 Å². The van der Waals surface area contributed by atoms with Crippen LogP contribution in [0.1, 0.15) is 21.5 Å². The lowest BCUT2D eigenvalue weighted by atomic mass is 10.0. The highest BCUT2D eigenvalue weighted by Gasteiger charge is 2.09. The average Bonchev–Trinajstić information content (AvgIpc) is 2.47. The third-order valence-corrected chi connectivity index (χ3v) is 3.87. The molecule has 0 heterocycles. The van der Waals surface area contributed by atoms with E-state index in [1.54, 1.807) is 18.2 Å². The maximum Gasteiger partial charge on any atom is 0.174 e. The van der Waals surface area contributed by atoms with E-state index < -0.39 is 0 Å². The molecule has 0 bridgehead atoms. The lowest BCUT2D eigenvalue weighted by molar-refractivity contribution is 0.102. The van der Waals surface area contributed by atoms with Gasteiger partial charge in [-0.05, 0) is 48.2 Å². The van der Waals surface area contributed by atoms with Gasteiger partial charge >= 0.3 is 0 Å². The number of rotatable bonds is 5. The molecule has 0 fully saturated rings. The Balaban J connectivity index is 2.10. The minimum Gasteiger partial charge on any atom is -0.508 e. The van der Waals surface area contributed by atoms with Crippen molar-refractivity contribution in [3.8, 4) is 5.75 Å². The van der Waals surface area contributed by atoms with E-state index in [-0.39, 0.29) is 11.5 Å². The third-order valence-electron chi connectivity index (χ3n) is 3.18. The van der Waals surface area contributed by atoms with Gasteiger partial charge in [0.2, 0.25) is 0 Å². The zero-order valence-corrected chi connectivity index (χ0v) is 13.1. The summed E-state index contributed by atoms with van der Waals surface area (Å²) in [4.78, 5) is 11.8. The van der Waals surface area contributed by atoms with E-state index >= 15 is 0 Å². The minimum absolute atomic E-state index is 0.0644. The second-order valence-corrected chi connectivity index (χ2v) is 5.41. The molecule has 0 aromatic heterocycles. The number of phenolic OH excluding ortho intramolecular Hbond substituents is 1. The molecule has 0 aliphatic heterocycles. The fourth-order valence-electron chi connectivity index (χ4n) is 2.02. The van der Waals surface area contributed by atoms with Gasteiger partial charge in [0.25, 0.3) is 0 Å². The quantitative estimate of drug-likeness (QED) is 0.361. The van der Waals surface area contributed by atoms with Crippen molar-refractivity contribution in [2.24, 2.45) is 0 Å². The summed E-state index contributed by atoms with van der Waals surface area (Å²) in [6, 6.07) is 12.8. The number of alkyl halides is 1. The lowest BCUT2D eigenvalue weighted by Crippen LogP contribution is -2.06. The maximum atomic E-state index is 11.8. The molecule has 0 aliphatic rings. The van der Waals surface area contributed by atoms with Crippen molar-refractivity contribution in [1.82, 2.24) is 0 Å². The number of Topliss-reactive ketones (excluding diaryl/α,β-unsaturated/α-hetero) is 1. The Morgan fingerprint density at radius 1 is 1.05 bits per heavy atom. The third kappa shape index (κ3) is 3.72. The Kier molecular flexibility index (Phi) is 5.00. The van der Waals surface area contributed by atoms with E-state index in [1.165, 1.54) is 0 Å². The Hall–Kier alpha value is -1.56. The SMILES string of the molecule is Nc1ccc(CCc2ccc(O)cc2)cc1C(=O)CI. The molecule has 2 aromatic carbocycles. The summed E-state index contributed by atoms with van der Waals surface area (Å²) in [5.41, 5.74) is 9.24. The number of phenols is 1. The highest BCUT2D eigenvalue weighted by atomic mass is 127. The van der Waals surface area contributed by atoms with Gasteiger partial charge in [-0.3, -0.25) is 4.79 Å². The van der Waals surface area contributed by atoms with Crippen LogP contribution >= 0.6 is 22.6 Å². The molecule has 0 aliphatic carbocycles. The van der Waals surface area contributed by atoms with Crippen LogP contribution in [-0.2, 0) is 12.8 Å². The van der Waals surface area contributed by atoms with E-state index in [1.807, 2.05) is 24.3 Å². The lowest BCUT2D eigenvalue weighted by Gasteiger charge is -2.07. The van der Waals surface area contributed by atoms with Crippen molar-refractivity contribution in [1.29, 1.82) is 0 Å². The van der Waals surface area contributed by atoms with Crippen LogP contribution in [0, 0.1) is 0 Å². The van der Waals surface area contributed by atoms with Gasteiger partial charge in [-0.1, -0.05) is 40.8 Å². The largest absolute Gasteiger partial charge is 0.508 e. The normalized spacial score (nSPS) is 10.4. The molecule has 3 N–H and O–H groups in total. The topological polar surface area (TPSA) is 63.3 Å². The van der Waals surface area contributed by atoms with Gasteiger partial charge in [0, 0.05) is 11.3 Å². The van der Waals surface area contributed by atoms with E-state index in [2.05, 4.69) is 22.6 Å². The number of hydrogen-bond donors (Lipinski definition) is 2. The van der Waals surface area contributed by atoms with E-state index in [4.69, 9.17) is 5.73 Å². The van der Waals surface area contributed by atoms with Crippen LogP contribution in [0.4, 0.5) is 5.69 Å². The van der Waals surface area contributed by atoms with Crippen molar-refractivity contribution < 1.29 is 9.90 Å². The first-order valence-electron chi connectivity index (χ1n) is 6.35. The second kappa shape index (κ2) is 6.74. The number of ketones is 1. The van der Waals surface area contributed by atoms with Crippen molar-refractivity contribution in [2.45, 2.75) is 12.8 Å². The van der Waals surface area contributed by atoms with Crippen molar-refractivity contribution in [3.05, 3.63) is 59.2 Å². The summed E-state index contributed by atoms with van der Waals surface area (Å²) < 4.78 is 0.434. The average molecular weight is 381 g/mol. The molecule has 0 radical (unpaired) electrons. The van der Waals surface area contributed by atoms with Crippen LogP contribution in [0.15, 0.2) is 42.5 Å². The summed E-state index contributed by atoms with van der Waals surface area (Å²) in [6.07, 6.45) is 1.70. The molecule has 0 unspecified atom stereocenters. The molecule has 4 heteroatoms. The summed E-state index contributed by atoms with van der Waals surface area (Å²) in [5.74, 6) is 0.339. The first kappa shape index (κ1) is 14.8. The van der Waals surface area contributed by atoms with Gasteiger partial charge in [0.1, 0.15) is 5.75 Å². The van der Waals surface area contributed by atoms with Crippen molar-refractivity contribution in [3.63, 3.8) is 0 Å². The maximum absolute atomic E-state index is 11.8. The van der Waals surface area contributed by atoms with Gasteiger partial charge in [-0.25, -0.2) is 0 Å². The predicted molar refractivity (Wildman–Crippen MR) is 89.6 cm³/mol. The Bertz CT molecular complexity index is 608. The summed E-state index contributed by atoms with van der Waals surface area (Å²) in [5, 5.41) is 9.24. The smallest absolute Gasteiger partial charge is 0.174 e. The number of benzene rings is 2. The van der Waals surface area contributed by atoms with Crippen LogP contribution in [0.25, 0.3) is 0 Å². The number of nitrogens with two attached hydrogens (primary N) is 1. The van der Waals surface area contributed by atoms with E-state index in [0.29, 0.717) is 15.7 Å². The van der Waals surface area contributed by atoms with Crippen molar-refractivity contribution in [2.75, 3.05) is 10.2 Å². The van der Waals surface area contributed by atoms with Gasteiger partial charge < -0.3 is 10.8 Å². The molecule has 2 rings (SSSR count). The predicted octanol–water partition coefficient (Wildman–Crippen LogP) is 3.38. The standard InChI is InChI=1S/C16H16INO2/c17-10-16(20)14-9-12(5-8-15(14)18)2-1-11-3-6-13(19)7-4-11/h3-9,19H,1-2,10,18H2. The highest BCUT2D eigenvalue weighted by molar-refractivity contribution is 14.1. The highest BCUT2D eigenvalue weighted by Crippen LogP contribution is 2.18. The fraction of sp³-hybridized carbons (Fsp3) is 0.188. The second-order valence-electron chi connectivity index (χ2n) is 4.64. The van der Waals surface area contributed by atoms with E-state index in [9.17, 15) is 9.90 Å². The Morgan fingerprint density at radius 3 is 2.30 bits per heavy atom. The van der Waals surface area contributed by atoms with Crippen LogP contribution < -0.4 is 5.73 Å². The van der Waals surface area contributed by atoms with Crippen LogP contribution in [0.3, 0.4) is 0 Å². The van der Waals surface area contributed by atoms with Crippen LogP contribution in [0.2, 0.25) is 0 Å². The summed E-state index contributed by atoms with van der Waals surface area (Å²) in [6.45, 7) is 0. The minimum atomic E-state index is 0.0644. The molecule has 0 saturated heterocycles. The van der Waals surface area contributed by atoms with Crippen molar-refractivity contribution >= 4 is 34.1 Å². The molecular formula is C16H16INO2. The number of aromatic hydroxyl groups is 1. The first-order valence-corrected chi connectivity index (χ1v) is 7.88. The molecule has 104 valence electrons. The van der Waals surface area contributed by atoms with Crippen LogP contribution in [0.5, 0.6) is 5.75 Å². The first-order chi connectivity index (χ1) is 9.60. The zero-order chi connectivity index (χ0) is 14.5. The molecule has 0 saturated carbocycles. The Morgan fingerprint density at radius 2 is 1.65 bits per heavy atom. The zero-order valence-electron chi connectivity index (χ0n) is 11.0. The van der Waals surface area contributed by atoms with E-state index in [0.717, 1.165) is 24.0 Å². The monoisotopic (exact) mass is 381 g/mol. The van der Waals surface area contributed by atoms with Crippen LogP contribution in [-0.4, -0.2) is 15.3 Å². The number of anilines is 1. The summed E-state index contributed by atoms with van der Waals surface area (Å²) >= 11 is 2.05. The molecule has 3 nitrogen and oxygen atoms in total. The molecule has 0 amide bonds. The summed E-state index contributed by atoms with van der Waals surface area (Å²) in [7, 11) is 0. The number of hydrogen-bond acceptors (Lipinski definition) is 3. The fourth-order valence-corrected chi connectivity index (χ4v) is 2.43. The van der Waals surface area contributed by atoms with Gasteiger partial charge in [-0.15, -0.1) is 0 Å². The van der Waals surface area contributed by atoms with Gasteiger partial charge in [0.05, 0.1) is 4.43 Å².